The van der Waals surface area contributed by atoms with Gasteiger partial charge in [-0.05, 0) is 55.5 Å². The molecule has 0 radical (unpaired) electrons. The number of amides is 1. The van der Waals surface area contributed by atoms with E-state index in [1.807, 2.05) is 31.2 Å². The fourth-order valence-electron chi connectivity index (χ4n) is 2.72. The van der Waals surface area contributed by atoms with Crippen LogP contribution in [0.5, 0.6) is 5.75 Å². The van der Waals surface area contributed by atoms with Crippen LogP contribution in [0.2, 0.25) is 0 Å². The minimum absolute atomic E-state index is 0.319. The van der Waals surface area contributed by atoms with Crippen LogP contribution in [0.25, 0.3) is 0 Å². The first-order valence-corrected chi connectivity index (χ1v) is 9.12. The van der Waals surface area contributed by atoms with Crippen molar-refractivity contribution in [1.29, 1.82) is 0 Å². The Morgan fingerprint density at radius 1 is 1.11 bits per heavy atom. The van der Waals surface area contributed by atoms with Crippen LogP contribution < -0.4 is 10.1 Å². The van der Waals surface area contributed by atoms with Crippen molar-refractivity contribution in [3.63, 3.8) is 0 Å². The predicted molar refractivity (Wildman–Crippen MR) is 106 cm³/mol. The van der Waals surface area contributed by atoms with Crippen molar-refractivity contribution >= 4 is 17.6 Å². The zero-order valence-electron chi connectivity index (χ0n) is 16.5. The number of hydrogen-bond acceptors (Lipinski definition) is 4. The van der Waals surface area contributed by atoms with Gasteiger partial charge in [-0.1, -0.05) is 38.1 Å². The van der Waals surface area contributed by atoms with E-state index in [2.05, 4.69) is 19.2 Å². The largest absolute Gasteiger partial charge is 0.496 e. The van der Waals surface area contributed by atoms with Gasteiger partial charge in [-0.15, -0.1) is 0 Å². The first-order valence-electron chi connectivity index (χ1n) is 9.12. The van der Waals surface area contributed by atoms with Gasteiger partial charge in [0.05, 0.1) is 12.7 Å². The van der Waals surface area contributed by atoms with Gasteiger partial charge in [-0.2, -0.15) is 0 Å². The van der Waals surface area contributed by atoms with Gasteiger partial charge in [0, 0.05) is 5.69 Å². The van der Waals surface area contributed by atoms with Gasteiger partial charge in [0.1, 0.15) is 5.75 Å². The lowest BCUT2D eigenvalue weighted by Gasteiger charge is -2.18. The molecule has 0 bridgehead atoms. The van der Waals surface area contributed by atoms with E-state index in [4.69, 9.17) is 9.47 Å². The second kappa shape index (κ2) is 9.21. The third-order valence-electron chi connectivity index (χ3n) is 4.66. The summed E-state index contributed by atoms with van der Waals surface area (Å²) in [7, 11) is 1.54. The maximum atomic E-state index is 12.5. The smallest absolute Gasteiger partial charge is 0.339 e. The van der Waals surface area contributed by atoms with E-state index >= 15 is 0 Å². The predicted octanol–water partition coefficient (Wildman–Crippen LogP) is 4.70. The van der Waals surface area contributed by atoms with Crippen LogP contribution in [-0.2, 0) is 9.53 Å². The number of aryl methyl sites for hydroxylation is 1. The van der Waals surface area contributed by atoms with Crippen molar-refractivity contribution in [3.8, 4) is 5.75 Å². The first kappa shape index (κ1) is 20.5. The summed E-state index contributed by atoms with van der Waals surface area (Å²) in [5.41, 5.74) is 3.07. The Bertz CT molecular complexity index is 816. The quantitative estimate of drug-likeness (QED) is 0.719. The number of ether oxygens (including phenoxy) is 2. The third kappa shape index (κ3) is 5.09. The molecule has 2 atom stereocenters. The zero-order valence-corrected chi connectivity index (χ0v) is 16.5. The van der Waals surface area contributed by atoms with Crippen molar-refractivity contribution in [3.05, 3.63) is 59.2 Å². The van der Waals surface area contributed by atoms with Gasteiger partial charge in [0.15, 0.2) is 6.10 Å². The molecular formula is C22H27NO4. The number of para-hydroxylation sites is 1. The van der Waals surface area contributed by atoms with Crippen LogP contribution in [-0.4, -0.2) is 25.1 Å². The molecule has 2 rings (SSSR count). The Labute approximate surface area is 160 Å². The number of rotatable bonds is 7. The second-order valence-corrected chi connectivity index (χ2v) is 6.62. The van der Waals surface area contributed by atoms with Crippen LogP contribution in [0.1, 0.15) is 54.6 Å². The van der Waals surface area contributed by atoms with E-state index in [0.29, 0.717) is 17.2 Å². The SMILES string of the molecule is CCC(C)c1ccccc1NC(=O)C(C)OC(=O)c1ccc(C)c(OC)c1. The standard InChI is InChI=1S/C22H27NO4/c1-6-14(2)18-9-7-8-10-19(18)23-21(24)16(4)27-22(25)17-12-11-15(3)20(13-17)26-5/h7-14,16H,6H2,1-5H3,(H,23,24). The second-order valence-electron chi connectivity index (χ2n) is 6.62. The molecule has 1 N–H and O–H groups in total. The summed E-state index contributed by atoms with van der Waals surface area (Å²) in [5, 5.41) is 2.87. The van der Waals surface area contributed by atoms with E-state index < -0.39 is 12.1 Å². The summed E-state index contributed by atoms with van der Waals surface area (Å²) in [4.78, 5) is 24.9. The minimum Gasteiger partial charge on any atom is -0.496 e. The Morgan fingerprint density at radius 3 is 2.48 bits per heavy atom. The Hall–Kier alpha value is -2.82. The Kier molecular flexibility index (Phi) is 6.99. The highest BCUT2D eigenvalue weighted by atomic mass is 16.5. The molecule has 0 aliphatic heterocycles. The molecule has 144 valence electrons. The maximum Gasteiger partial charge on any atom is 0.339 e. The molecule has 0 spiro atoms. The van der Waals surface area contributed by atoms with Crippen LogP contribution in [0.4, 0.5) is 5.69 Å². The summed E-state index contributed by atoms with van der Waals surface area (Å²) in [6.45, 7) is 7.66. The molecule has 2 aromatic carbocycles. The molecule has 0 saturated heterocycles. The van der Waals surface area contributed by atoms with Crippen molar-refractivity contribution in [2.24, 2.45) is 0 Å². The molecule has 1 amide bonds. The van der Waals surface area contributed by atoms with Crippen LogP contribution in [0.15, 0.2) is 42.5 Å². The average Bonchev–Trinajstić information content (AvgIpc) is 2.67. The number of benzene rings is 2. The van der Waals surface area contributed by atoms with Gasteiger partial charge < -0.3 is 14.8 Å². The highest BCUT2D eigenvalue weighted by Gasteiger charge is 2.21. The maximum absolute atomic E-state index is 12.5. The Balaban J connectivity index is 2.07. The molecule has 0 saturated carbocycles. The van der Waals surface area contributed by atoms with E-state index in [9.17, 15) is 9.59 Å². The minimum atomic E-state index is -0.921. The first-order chi connectivity index (χ1) is 12.9. The number of methoxy groups -OCH3 is 1. The molecule has 0 aromatic heterocycles. The van der Waals surface area contributed by atoms with Crippen LogP contribution in [0.3, 0.4) is 0 Å². The highest BCUT2D eigenvalue weighted by molar-refractivity contribution is 5.98. The van der Waals surface area contributed by atoms with Gasteiger partial charge in [-0.3, -0.25) is 4.79 Å². The van der Waals surface area contributed by atoms with Crippen molar-refractivity contribution in [2.45, 2.75) is 46.1 Å². The lowest BCUT2D eigenvalue weighted by atomic mass is 9.97. The number of carbonyl (C=O) groups excluding carboxylic acids is 2. The Morgan fingerprint density at radius 2 is 1.81 bits per heavy atom. The zero-order chi connectivity index (χ0) is 20.0. The molecule has 0 fully saturated rings. The molecule has 0 heterocycles. The molecule has 2 aromatic rings. The third-order valence-corrected chi connectivity index (χ3v) is 4.66. The number of hydrogen-bond donors (Lipinski definition) is 1. The fraction of sp³-hybridized carbons (Fsp3) is 0.364. The van der Waals surface area contributed by atoms with Crippen LogP contribution in [0, 0.1) is 6.92 Å². The molecule has 0 aliphatic rings. The summed E-state index contributed by atoms with van der Waals surface area (Å²) >= 11 is 0. The van der Waals surface area contributed by atoms with Crippen molar-refractivity contribution in [2.75, 3.05) is 12.4 Å². The number of esters is 1. The van der Waals surface area contributed by atoms with Crippen molar-refractivity contribution < 1.29 is 19.1 Å². The highest BCUT2D eigenvalue weighted by Crippen LogP contribution is 2.26. The lowest BCUT2D eigenvalue weighted by Crippen LogP contribution is -2.30. The number of nitrogens with one attached hydrogen (secondary N) is 1. The topological polar surface area (TPSA) is 64.6 Å². The number of carbonyl (C=O) groups is 2. The van der Waals surface area contributed by atoms with Gasteiger partial charge in [0.2, 0.25) is 0 Å². The molecule has 2 unspecified atom stereocenters. The van der Waals surface area contributed by atoms with Gasteiger partial charge in [-0.25, -0.2) is 4.79 Å². The summed E-state index contributed by atoms with van der Waals surface area (Å²) < 4.78 is 10.6. The lowest BCUT2D eigenvalue weighted by molar-refractivity contribution is -0.123. The summed E-state index contributed by atoms with van der Waals surface area (Å²) in [5.74, 6) is -0.00671. The average molecular weight is 369 g/mol. The monoisotopic (exact) mass is 369 g/mol. The van der Waals surface area contributed by atoms with E-state index in [-0.39, 0.29) is 5.91 Å². The normalized spacial score (nSPS) is 12.8. The molecule has 0 aliphatic carbocycles. The molecule has 5 heteroatoms. The van der Waals surface area contributed by atoms with E-state index in [1.54, 1.807) is 32.2 Å². The summed E-state index contributed by atoms with van der Waals surface area (Å²) in [6, 6.07) is 12.7. The van der Waals surface area contributed by atoms with E-state index in [0.717, 1.165) is 23.2 Å². The van der Waals surface area contributed by atoms with Gasteiger partial charge in [0.25, 0.3) is 5.91 Å². The van der Waals surface area contributed by atoms with E-state index in [1.165, 1.54) is 0 Å². The van der Waals surface area contributed by atoms with Gasteiger partial charge >= 0.3 is 5.97 Å². The fourth-order valence-corrected chi connectivity index (χ4v) is 2.72. The van der Waals surface area contributed by atoms with Crippen LogP contribution >= 0.6 is 0 Å². The molecule has 27 heavy (non-hydrogen) atoms. The molecular weight excluding hydrogens is 342 g/mol. The molecule has 5 nitrogen and oxygen atoms in total. The summed E-state index contributed by atoms with van der Waals surface area (Å²) in [6.07, 6.45) is 0.0435. The van der Waals surface area contributed by atoms with Crippen molar-refractivity contribution in [1.82, 2.24) is 0 Å². The number of anilines is 1.